The summed E-state index contributed by atoms with van der Waals surface area (Å²) in [6, 6.07) is 4.90. The molecule has 28 heavy (non-hydrogen) atoms. The van der Waals surface area contributed by atoms with Gasteiger partial charge < -0.3 is 19.6 Å². The number of hydrogen-bond donors (Lipinski definition) is 2. The second kappa shape index (κ2) is 8.27. The molecule has 0 fully saturated rings. The van der Waals surface area contributed by atoms with Crippen molar-refractivity contribution in [1.29, 1.82) is 0 Å². The second-order valence-electron chi connectivity index (χ2n) is 7.29. The van der Waals surface area contributed by atoms with E-state index in [1.807, 2.05) is 13.8 Å². The zero-order chi connectivity index (χ0) is 20.4. The van der Waals surface area contributed by atoms with Crippen LogP contribution in [0.15, 0.2) is 23.0 Å². The number of nitrogens with one attached hydrogen (secondary N) is 1. The average molecular weight is 406 g/mol. The maximum atomic E-state index is 12.3. The molecule has 0 saturated carbocycles. The number of carboxylic acid groups (broad SMARTS) is 1. The van der Waals surface area contributed by atoms with E-state index >= 15 is 0 Å². The molecule has 2 N–H and O–H groups in total. The Morgan fingerprint density at radius 2 is 2.14 bits per heavy atom. The van der Waals surface area contributed by atoms with Crippen molar-refractivity contribution in [3.63, 3.8) is 0 Å². The molecule has 1 aliphatic heterocycles. The number of hydrogen-bond acceptors (Lipinski definition) is 4. The summed E-state index contributed by atoms with van der Waals surface area (Å²) in [5, 5.41) is 9.76. The van der Waals surface area contributed by atoms with Gasteiger partial charge in [-0.2, -0.15) is 0 Å². The van der Waals surface area contributed by atoms with Gasteiger partial charge >= 0.3 is 5.97 Å². The number of pyridine rings is 1. The summed E-state index contributed by atoms with van der Waals surface area (Å²) in [7, 11) is 0. The number of halogens is 1. The predicted molar refractivity (Wildman–Crippen MR) is 108 cm³/mol. The highest BCUT2D eigenvalue weighted by Crippen LogP contribution is 2.44. The first-order valence-electron chi connectivity index (χ1n) is 9.43. The minimum atomic E-state index is -1.25. The van der Waals surface area contributed by atoms with Crippen molar-refractivity contribution >= 4 is 17.6 Å². The van der Waals surface area contributed by atoms with Gasteiger partial charge in [0.1, 0.15) is 17.1 Å². The summed E-state index contributed by atoms with van der Waals surface area (Å²) in [6.45, 7) is 7.06. The molecule has 7 heteroatoms. The van der Waals surface area contributed by atoms with Crippen LogP contribution in [0.25, 0.3) is 11.3 Å². The first-order chi connectivity index (χ1) is 13.3. The number of rotatable bonds is 6. The normalized spacial score (nSPS) is 15.4. The Morgan fingerprint density at radius 1 is 1.39 bits per heavy atom. The van der Waals surface area contributed by atoms with Crippen molar-refractivity contribution in [3.05, 3.63) is 44.7 Å². The second-order valence-corrected chi connectivity index (χ2v) is 7.70. The Kier molecular flexibility index (Phi) is 5.98. The highest BCUT2D eigenvalue weighted by Gasteiger charge is 2.29. The SMILES string of the molecule is CCCCOc1cc2c(cc1Cl)-c1[nH]c(=O)c(C(=O)O)cc1[C@H](C(C)C)CO2. The van der Waals surface area contributed by atoms with Gasteiger partial charge in [-0.1, -0.05) is 38.8 Å². The smallest absolute Gasteiger partial charge is 0.341 e. The van der Waals surface area contributed by atoms with Crippen molar-refractivity contribution in [2.24, 2.45) is 5.92 Å². The third-order valence-electron chi connectivity index (χ3n) is 4.98. The van der Waals surface area contributed by atoms with Gasteiger partial charge in [0.2, 0.25) is 0 Å². The summed E-state index contributed by atoms with van der Waals surface area (Å²) in [6.07, 6.45) is 1.92. The van der Waals surface area contributed by atoms with E-state index in [2.05, 4.69) is 11.9 Å². The molecule has 0 amide bonds. The summed E-state index contributed by atoms with van der Waals surface area (Å²) >= 11 is 6.41. The summed E-state index contributed by atoms with van der Waals surface area (Å²) in [5.74, 6) is -0.0754. The molecule has 1 aromatic heterocycles. The van der Waals surface area contributed by atoms with Crippen LogP contribution in [0.3, 0.4) is 0 Å². The fraction of sp³-hybridized carbons (Fsp3) is 0.429. The van der Waals surface area contributed by atoms with Gasteiger partial charge in [-0.25, -0.2) is 4.79 Å². The number of fused-ring (bicyclic) bond motifs is 3. The van der Waals surface area contributed by atoms with Gasteiger partial charge in [-0.3, -0.25) is 4.79 Å². The summed E-state index contributed by atoms with van der Waals surface area (Å²) < 4.78 is 11.8. The van der Waals surface area contributed by atoms with Gasteiger partial charge in [0.15, 0.2) is 0 Å². The van der Waals surface area contributed by atoms with Crippen molar-refractivity contribution in [2.45, 2.75) is 39.5 Å². The van der Waals surface area contributed by atoms with Gasteiger partial charge in [0.05, 0.1) is 23.9 Å². The zero-order valence-corrected chi connectivity index (χ0v) is 16.9. The molecule has 0 radical (unpaired) electrons. The van der Waals surface area contributed by atoms with E-state index in [1.54, 1.807) is 12.1 Å². The molecular weight excluding hydrogens is 382 g/mol. The lowest BCUT2D eigenvalue weighted by molar-refractivity contribution is 0.0694. The lowest BCUT2D eigenvalue weighted by Gasteiger charge is -2.20. The van der Waals surface area contributed by atoms with Gasteiger partial charge in [-0.15, -0.1) is 0 Å². The number of unbranched alkanes of at least 4 members (excludes halogenated alkanes) is 1. The Labute approximate surface area is 168 Å². The average Bonchev–Trinajstić information content (AvgIpc) is 2.78. The van der Waals surface area contributed by atoms with E-state index in [4.69, 9.17) is 21.1 Å². The molecule has 0 spiro atoms. The predicted octanol–water partition coefficient (Wildman–Crippen LogP) is 4.70. The first-order valence-corrected chi connectivity index (χ1v) is 9.81. The minimum Gasteiger partial charge on any atom is -0.492 e. The molecule has 2 aromatic rings. The fourth-order valence-electron chi connectivity index (χ4n) is 3.33. The number of carboxylic acids is 1. The number of aromatic carboxylic acids is 1. The Hall–Kier alpha value is -2.47. The van der Waals surface area contributed by atoms with Gasteiger partial charge in [0.25, 0.3) is 5.56 Å². The maximum absolute atomic E-state index is 12.3. The van der Waals surface area contributed by atoms with E-state index in [9.17, 15) is 14.7 Å². The highest BCUT2D eigenvalue weighted by atomic mass is 35.5. The van der Waals surface area contributed by atoms with E-state index in [0.717, 1.165) is 18.4 Å². The molecule has 0 aliphatic carbocycles. The summed E-state index contributed by atoms with van der Waals surface area (Å²) in [5.41, 5.74) is 0.976. The molecule has 6 nitrogen and oxygen atoms in total. The van der Waals surface area contributed by atoms with Crippen LogP contribution in [-0.4, -0.2) is 29.3 Å². The van der Waals surface area contributed by atoms with Crippen LogP contribution in [-0.2, 0) is 0 Å². The van der Waals surface area contributed by atoms with E-state index < -0.39 is 11.5 Å². The first kappa shape index (κ1) is 20.3. The van der Waals surface area contributed by atoms with Crippen molar-refractivity contribution < 1.29 is 19.4 Å². The van der Waals surface area contributed by atoms with Crippen molar-refractivity contribution in [2.75, 3.05) is 13.2 Å². The number of benzene rings is 1. The third kappa shape index (κ3) is 3.87. The van der Waals surface area contributed by atoms with E-state index in [-0.39, 0.29) is 17.4 Å². The molecule has 3 rings (SSSR count). The van der Waals surface area contributed by atoms with Gasteiger partial charge in [0, 0.05) is 17.5 Å². The van der Waals surface area contributed by atoms with Crippen LogP contribution in [0.5, 0.6) is 11.5 Å². The van der Waals surface area contributed by atoms with E-state index in [1.165, 1.54) is 6.07 Å². The maximum Gasteiger partial charge on any atom is 0.341 e. The Balaban J connectivity index is 2.16. The van der Waals surface area contributed by atoms with Crippen LogP contribution in [0.2, 0.25) is 5.02 Å². The summed E-state index contributed by atoms with van der Waals surface area (Å²) in [4.78, 5) is 26.5. The number of carbonyl (C=O) groups is 1. The molecule has 0 saturated heterocycles. The molecule has 150 valence electrons. The molecule has 2 heterocycles. The van der Waals surface area contributed by atoms with Crippen molar-refractivity contribution in [3.8, 4) is 22.8 Å². The van der Waals surface area contributed by atoms with Crippen LogP contribution < -0.4 is 15.0 Å². The number of ether oxygens (including phenoxy) is 2. The van der Waals surface area contributed by atoms with Gasteiger partial charge in [-0.05, 0) is 30.0 Å². The standard InChI is InChI=1S/C21H24ClNO5/c1-4-5-6-27-18-9-17-13(8-16(18)22)19-12(15(10-28-17)11(2)3)7-14(21(25)26)20(24)23-19/h7-9,11,15H,4-6,10H2,1-3H3,(H,23,24)(H,25,26)/t15-/m0/s1. The van der Waals surface area contributed by atoms with Crippen molar-refractivity contribution in [1.82, 2.24) is 4.98 Å². The fourth-order valence-corrected chi connectivity index (χ4v) is 3.55. The molecule has 1 aliphatic rings. The Bertz CT molecular complexity index is 951. The van der Waals surface area contributed by atoms with E-state index in [0.29, 0.717) is 41.0 Å². The van der Waals surface area contributed by atoms with Crippen LogP contribution in [0.4, 0.5) is 0 Å². The molecular formula is C21H24ClNO5. The minimum absolute atomic E-state index is 0.0828. The lowest BCUT2D eigenvalue weighted by Crippen LogP contribution is -2.22. The number of H-pyrrole nitrogens is 1. The topological polar surface area (TPSA) is 88.6 Å². The molecule has 0 unspecified atom stereocenters. The lowest BCUT2D eigenvalue weighted by atomic mass is 9.86. The number of aromatic amines is 1. The monoisotopic (exact) mass is 405 g/mol. The third-order valence-corrected chi connectivity index (χ3v) is 5.28. The molecule has 1 aromatic carbocycles. The largest absolute Gasteiger partial charge is 0.492 e. The Morgan fingerprint density at radius 3 is 2.79 bits per heavy atom. The molecule has 1 atom stereocenters. The zero-order valence-electron chi connectivity index (χ0n) is 16.2. The van der Waals surface area contributed by atoms with Crippen LogP contribution in [0, 0.1) is 5.92 Å². The highest BCUT2D eigenvalue weighted by molar-refractivity contribution is 6.32. The number of aromatic nitrogens is 1. The van der Waals surface area contributed by atoms with Crippen LogP contribution in [0.1, 0.15) is 55.5 Å². The quantitative estimate of drug-likeness (QED) is 0.679. The van der Waals surface area contributed by atoms with Crippen LogP contribution >= 0.6 is 11.6 Å². The molecule has 0 bridgehead atoms.